The molecule has 0 fully saturated rings. The molecule has 2 aromatic rings. The van der Waals surface area contributed by atoms with E-state index in [4.69, 9.17) is 16.1 Å². The second-order valence-electron chi connectivity index (χ2n) is 3.73. The minimum atomic E-state index is -0.807. The van der Waals surface area contributed by atoms with Gasteiger partial charge in [-0.15, -0.1) is 0 Å². The smallest absolute Gasteiger partial charge is 0.377 e. The molecule has 0 aliphatic heterocycles. The molecule has 6 nitrogen and oxygen atoms in total. The van der Waals surface area contributed by atoms with Gasteiger partial charge in [0.05, 0.1) is 14.2 Å². The predicted octanol–water partition coefficient (Wildman–Crippen LogP) is 2.57. The van der Waals surface area contributed by atoms with E-state index in [-0.39, 0.29) is 17.0 Å². The fourth-order valence-corrected chi connectivity index (χ4v) is 1.74. The van der Waals surface area contributed by atoms with Gasteiger partial charge in [0.1, 0.15) is 11.3 Å². The number of halogens is 1. The summed E-state index contributed by atoms with van der Waals surface area (Å²) < 4.78 is 14.1. The van der Waals surface area contributed by atoms with E-state index in [1.807, 2.05) is 0 Å². The summed E-state index contributed by atoms with van der Waals surface area (Å²) in [6.45, 7) is 0. The number of ether oxygens (including phenoxy) is 2. The Morgan fingerprint density at radius 1 is 1.10 bits per heavy atom. The van der Waals surface area contributed by atoms with E-state index < -0.39 is 11.9 Å². The molecule has 0 atom stereocenters. The van der Waals surface area contributed by atoms with Crippen molar-refractivity contribution in [1.82, 2.24) is 5.16 Å². The lowest BCUT2D eigenvalue weighted by Crippen LogP contribution is -2.10. The van der Waals surface area contributed by atoms with Crippen LogP contribution < -0.4 is 0 Å². The third-order valence-electron chi connectivity index (χ3n) is 2.57. The first-order chi connectivity index (χ1) is 9.58. The van der Waals surface area contributed by atoms with Crippen LogP contribution in [0.1, 0.15) is 20.9 Å². The fraction of sp³-hybridized carbons (Fsp3) is 0.154. The van der Waals surface area contributed by atoms with Crippen LogP contribution in [0, 0.1) is 0 Å². The highest BCUT2D eigenvalue weighted by atomic mass is 35.5. The Bertz CT molecular complexity index is 647. The van der Waals surface area contributed by atoms with Crippen molar-refractivity contribution in [3.63, 3.8) is 0 Å². The van der Waals surface area contributed by atoms with Crippen molar-refractivity contribution in [2.45, 2.75) is 0 Å². The molecular weight excluding hydrogens is 286 g/mol. The number of nitrogens with zero attached hydrogens (tertiary/aromatic N) is 1. The van der Waals surface area contributed by atoms with Crippen LogP contribution in [-0.4, -0.2) is 31.3 Å². The highest BCUT2D eigenvalue weighted by molar-refractivity contribution is 6.30. The van der Waals surface area contributed by atoms with E-state index >= 15 is 0 Å². The number of benzene rings is 1. The normalized spacial score (nSPS) is 10.2. The number of carbonyl (C=O) groups excluding carboxylic acids is 2. The van der Waals surface area contributed by atoms with Crippen LogP contribution >= 0.6 is 11.6 Å². The second-order valence-corrected chi connectivity index (χ2v) is 4.16. The van der Waals surface area contributed by atoms with Gasteiger partial charge < -0.3 is 14.0 Å². The lowest BCUT2D eigenvalue weighted by molar-refractivity contribution is 0.0521. The Balaban J connectivity index is 2.59. The Kier molecular flexibility index (Phi) is 4.05. The topological polar surface area (TPSA) is 78.6 Å². The highest BCUT2D eigenvalue weighted by Gasteiger charge is 2.29. The molecule has 0 aliphatic carbocycles. The monoisotopic (exact) mass is 295 g/mol. The van der Waals surface area contributed by atoms with Crippen molar-refractivity contribution in [3.8, 4) is 11.3 Å². The van der Waals surface area contributed by atoms with Crippen LogP contribution in [0.15, 0.2) is 28.8 Å². The maximum absolute atomic E-state index is 11.8. The lowest BCUT2D eigenvalue weighted by atomic mass is 10.1. The summed E-state index contributed by atoms with van der Waals surface area (Å²) in [5.74, 6) is -1.85. The zero-order valence-corrected chi connectivity index (χ0v) is 11.4. The number of esters is 2. The van der Waals surface area contributed by atoms with E-state index in [9.17, 15) is 9.59 Å². The lowest BCUT2D eigenvalue weighted by Gasteiger charge is -2.01. The largest absolute Gasteiger partial charge is 0.465 e. The summed E-state index contributed by atoms with van der Waals surface area (Å²) in [6, 6.07) is 6.55. The number of aromatic nitrogens is 1. The molecule has 1 aromatic carbocycles. The molecule has 0 amide bonds. The average Bonchev–Trinajstić information content (AvgIpc) is 2.91. The molecule has 1 aromatic heterocycles. The summed E-state index contributed by atoms with van der Waals surface area (Å²) in [5, 5.41) is 4.27. The number of hydrogen-bond donors (Lipinski definition) is 0. The SMILES string of the molecule is COC(=O)c1onc(-c2ccc(Cl)cc2)c1C(=O)OC. The van der Waals surface area contributed by atoms with E-state index in [0.29, 0.717) is 10.6 Å². The molecule has 0 saturated carbocycles. The van der Waals surface area contributed by atoms with Crippen LogP contribution in [0.4, 0.5) is 0 Å². The van der Waals surface area contributed by atoms with Gasteiger partial charge in [-0.1, -0.05) is 28.9 Å². The molecule has 0 saturated heterocycles. The standard InChI is InChI=1S/C13H10ClNO5/c1-18-12(16)9-10(7-3-5-8(14)6-4-7)15-20-11(9)13(17)19-2/h3-6H,1-2H3. The molecule has 0 N–H and O–H groups in total. The third-order valence-corrected chi connectivity index (χ3v) is 2.82. The van der Waals surface area contributed by atoms with Crippen molar-refractivity contribution in [2.24, 2.45) is 0 Å². The summed E-state index contributed by atoms with van der Waals surface area (Å²) >= 11 is 5.80. The Labute approximate surface area is 119 Å². The molecule has 2 rings (SSSR count). The summed E-state index contributed by atoms with van der Waals surface area (Å²) in [7, 11) is 2.37. The van der Waals surface area contributed by atoms with Gasteiger partial charge in [-0.3, -0.25) is 0 Å². The predicted molar refractivity (Wildman–Crippen MR) is 69.6 cm³/mol. The van der Waals surface area contributed by atoms with Gasteiger partial charge in [0, 0.05) is 10.6 Å². The van der Waals surface area contributed by atoms with Gasteiger partial charge in [-0.25, -0.2) is 9.59 Å². The van der Waals surface area contributed by atoms with Crippen molar-refractivity contribution in [2.75, 3.05) is 14.2 Å². The minimum absolute atomic E-state index is 0.0818. The van der Waals surface area contributed by atoms with Crippen LogP contribution in [0.5, 0.6) is 0 Å². The Hall–Kier alpha value is -2.34. The van der Waals surface area contributed by atoms with Crippen molar-refractivity contribution in [1.29, 1.82) is 0 Å². The van der Waals surface area contributed by atoms with Gasteiger partial charge >= 0.3 is 11.9 Å². The quantitative estimate of drug-likeness (QED) is 0.810. The first kappa shape index (κ1) is 14.1. The van der Waals surface area contributed by atoms with Crippen LogP contribution in [0.25, 0.3) is 11.3 Å². The highest BCUT2D eigenvalue weighted by Crippen LogP contribution is 2.27. The third kappa shape index (κ3) is 2.50. The first-order valence-electron chi connectivity index (χ1n) is 5.50. The van der Waals surface area contributed by atoms with Crippen molar-refractivity contribution < 1.29 is 23.6 Å². The minimum Gasteiger partial charge on any atom is -0.465 e. The molecular formula is C13H10ClNO5. The maximum atomic E-state index is 11.8. The number of carbonyl (C=O) groups is 2. The van der Waals surface area contributed by atoms with Crippen LogP contribution in [0.3, 0.4) is 0 Å². The van der Waals surface area contributed by atoms with Crippen molar-refractivity contribution >= 4 is 23.5 Å². The number of hydrogen-bond acceptors (Lipinski definition) is 6. The number of rotatable bonds is 3. The summed E-state index contributed by atoms with van der Waals surface area (Å²) in [5.41, 5.74) is 0.671. The molecule has 0 aliphatic rings. The zero-order chi connectivity index (χ0) is 14.7. The molecule has 0 unspecified atom stereocenters. The maximum Gasteiger partial charge on any atom is 0.377 e. The van der Waals surface area contributed by atoms with E-state index in [0.717, 1.165) is 0 Å². The average molecular weight is 296 g/mol. The molecule has 1 heterocycles. The molecule has 7 heteroatoms. The van der Waals surface area contributed by atoms with E-state index in [1.165, 1.54) is 14.2 Å². The Morgan fingerprint density at radius 2 is 1.70 bits per heavy atom. The van der Waals surface area contributed by atoms with Gasteiger partial charge in [0.2, 0.25) is 0 Å². The van der Waals surface area contributed by atoms with E-state index in [1.54, 1.807) is 24.3 Å². The molecule has 0 bridgehead atoms. The summed E-state index contributed by atoms with van der Waals surface area (Å²) in [4.78, 5) is 23.4. The second kappa shape index (κ2) is 5.75. The van der Waals surface area contributed by atoms with Crippen LogP contribution in [-0.2, 0) is 9.47 Å². The zero-order valence-electron chi connectivity index (χ0n) is 10.7. The van der Waals surface area contributed by atoms with Gasteiger partial charge in [0.25, 0.3) is 5.76 Å². The number of methoxy groups -OCH3 is 2. The van der Waals surface area contributed by atoms with Gasteiger partial charge in [-0.05, 0) is 12.1 Å². The fourth-order valence-electron chi connectivity index (χ4n) is 1.62. The van der Waals surface area contributed by atoms with Gasteiger partial charge in [-0.2, -0.15) is 0 Å². The molecule has 20 heavy (non-hydrogen) atoms. The summed E-state index contributed by atoms with van der Waals surface area (Å²) in [6.07, 6.45) is 0. The molecule has 0 spiro atoms. The van der Waals surface area contributed by atoms with Gasteiger partial charge in [0.15, 0.2) is 0 Å². The molecule has 0 radical (unpaired) electrons. The van der Waals surface area contributed by atoms with E-state index in [2.05, 4.69) is 14.6 Å². The molecule has 104 valence electrons. The van der Waals surface area contributed by atoms with Crippen LogP contribution in [0.2, 0.25) is 5.02 Å². The Morgan fingerprint density at radius 3 is 2.25 bits per heavy atom. The van der Waals surface area contributed by atoms with Crippen molar-refractivity contribution in [3.05, 3.63) is 40.6 Å². The first-order valence-corrected chi connectivity index (χ1v) is 5.88.